The second-order valence-corrected chi connectivity index (χ2v) is 15.2. The van der Waals surface area contributed by atoms with Crippen molar-refractivity contribution < 1.29 is 37.4 Å². The van der Waals surface area contributed by atoms with Gasteiger partial charge in [0.2, 0.25) is 0 Å². The Morgan fingerprint density at radius 2 is 1.31 bits per heavy atom. The Hall–Kier alpha value is -4.29. The molecule has 4 rings (SSSR count). The molecule has 10 nitrogen and oxygen atoms in total. The van der Waals surface area contributed by atoms with Gasteiger partial charge in [0.05, 0.1) is 16.8 Å². The number of carbonyl (C=O) groups excluding carboxylic acids is 3. The van der Waals surface area contributed by atoms with E-state index in [-0.39, 0.29) is 67.0 Å². The number of nitrogens with zero attached hydrogens (tertiary/aromatic N) is 2. The molecule has 0 aromatic heterocycles. The molecule has 1 atom stereocenters. The fourth-order valence-electron chi connectivity index (χ4n) is 5.66. The minimum absolute atomic E-state index is 0.00287. The standard InChI is InChI=1S/C38H46Cl2F2N4O6/c1-37(2,3)51-34(47)43-14-12-25-18-27(39)32(29(41)20-25)31-22-45(16-17-46(31)36(49)50-23-24-10-8-7-9-11-24)33-28(40)19-26(21-30(33)42)13-15-44-35(48)52-38(4,5)6/h7-11,18-21,31H,12-17,22-23H2,1-6H3,(H,43,47)(H,44,48). The molecule has 0 spiro atoms. The molecule has 3 aromatic carbocycles. The van der Waals surface area contributed by atoms with Crippen molar-refractivity contribution in [3.8, 4) is 0 Å². The van der Waals surface area contributed by atoms with Crippen LogP contribution in [0.2, 0.25) is 10.0 Å². The minimum Gasteiger partial charge on any atom is -0.445 e. The van der Waals surface area contributed by atoms with E-state index in [0.717, 1.165) is 5.56 Å². The number of amides is 3. The summed E-state index contributed by atoms with van der Waals surface area (Å²) in [5.74, 6) is -1.29. The molecule has 1 aliphatic heterocycles. The summed E-state index contributed by atoms with van der Waals surface area (Å²) in [5, 5.41) is 5.46. The van der Waals surface area contributed by atoms with Crippen LogP contribution in [0.5, 0.6) is 0 Å². The number of hydrogen-bond donors (Lipinski definition) is 2. The monoisotopic (exact) mass is 762 g/mol. The summed E-state index contributed by atoms with van der Waals surface area (Å²) >= 11 is 13.4. The van der Waals surface area contributed by atoms with Crippen LogP contribution in [0.25, 0.3) is 0 Å². The zero-order chi connectivity index (χ0) is 38.2. The second-order valence-electron chi connectivity index (χ2n) is 14.4. The molecule has 282 valence electrons. The maximum atomic E-state index is 16.1. The summed E-state index contributed by atoms with van der Waals surface area (Å²) in [5.41, 5.74) is 0.639. The zero-order valence-electron chi connectivity index (χ0n) is 30.3. The van der Waals surface area contributed by atoms with Crippen LogP contribution in [0.15, 0.2) is 54.6 Å². The van der Waals surface area contributed by atoms with E-state index in [2.05, 4.69) is 10.6 Å². The third-order valence-electron chi connectivity index (χ3n) is 7.85. The highest BCUT2D eigenvalue weighted by atomic mass is 35.5. The molecular weight excluding hydrogens is 717 g/mol. The Morgan fingerprint density at radius 1 is 0.769 bits per heavy atom. The van der Waals surface area contributed by atoms with Crippen molar-refractivity contribution in [3.05, 3.63) is 98.5 Å². The van der Waals surface area contributed by atoms with Crippen molar-refractivity contribution in [2.75, 3.05) is 37.6 Å². The normalized spacial score (nSPS) is 14.8. The van der Waals surface area contributed by atoms with Gasteiger partial charge < -0.3 is 29.7 Å². The highest BCUT2D eigenvalue weighted by Crippen LogP contribution is 2.39. The van der Waals surface area contributed by atoms with Crippen LogP contribution in [0, 0.1) is 11.6 Å². The van der Waals surface area contributed by atoms with Crippen LogP contribution in [0.1, 0.15) is 69.8 Å². The van der Waals surface area contributed by atoms with Gasteiger partial charge in [0, 0.05) is 43.3 Å². The van der Waals surface area contributed by atoms with E-state index in [0.29, 0.717) is 17.5 Å². The fraction of sp³-hybridized carbons (Fsp3) is 0.447. The third-order valence-corrected chi connectivity index (χ3v) is 8.45. The topological polar surface area (TPSA) is 109 Å². The van der Waals surface area contributed by atoms with E-state index in [1.165, 1.54) is 17.0 Å². The van der Waals surface area contributed by atoms with Crippen molar-refractivity contribution in [2.45, 2.75) is 78.2 Å². The molecule has 1 aliphatic rings. The van der Waals surface area contributed by atoms with Crippen LogP contribution in [-0.2, 0) is 33.7 Å². The van der Waals surface area contributed by atoms with E-state index in [1.807, 2.05) is 30.3 Å². The number of halogens is 4. The molecule has 0 aliphatic carbocycles. The molecule has 0 radical (unpaired) electrons. The molecule has 3 aromatic rings. The van der Waals surface area contributed by atoms with Gasteiger partial charge in [-0.2, -0.15) is 0 Å². The van der Waals surface area contributed by atoms with E-state index in [1.54, 1.807) is 58.6 Å². The number of anilines is 1. The van der Waals surface area contributed by atoms with Crippen molar-refractivity contribution in [3.63, 3.8) is 0 Å². The molecule has 1 fully saturated rings. The molecule has 14 heteroatoms. The van der Waals surface area contributed by atoms with Gasteiger partial charge in [0.15, 0.2) is 0 Å². The van der Waals surface area contributed by atoms with Crippen LogP contribution < -0.4 is 15.5 Å². The largest absolute Gasteiger partial charge is 0.445 e. The number of carbonyl (C=O) groups is 3. The van der Waals surface area contributed by atoms with Crippen LogP contribution in [0.3, 0.4) is 0 Å². The first-order valence-electron chi connectivity index (χ1n) is 17.0. The van der Waals surface area contributed by atoms with Crippen molar-refractivity contribution in [2.24, 2.45) is 0 Å². The molecule has 0 bridgehead atoms. The number of hydrogen-bond acceptors (Lipinski definition) is 7. The molecule has 52 heavy (non-hydrogen) atoms. The Labute approximate surface area is 313 Å². The minimum atomic E-state index is -0.980. The Balaban J connectivity index is 1.55. The van der Waals surface area contributed by atoms with E-state index in [9.17, 15) is 14.4 Å². The predicted octanol–water partition coefficient (Wildman–Crippen LogP) is 8.61. The van der Waals surface area contributed by atoms with Crippen molar-refractivity contribution >= 4 is 47.2 Å². The summed E-state index contributed by atoms with van der Waals surface area (Å²) in [6.45, 7) is 11.0. The molecule has 1 unspecified atom stereocenters. The predicted molar refractivity (Wildman–Crippen MR) is 197 cm³/mol. The first-order chi connectivity index (χ1) is 24.4. The van der Waals surface area contributed by atoms with Gasteiger partial charge in [-0.15, -0.1) is 0 Å². The number of rotatable bonds is 10. The molecule has 3 amide bonds. The summed E-state index contributed by atoms with van der Waals surface area (Å²) in [4.78, 5) is 40.7. The maximum Gasteiger partial charge on any atom is 0.410 e. The number of ether oxygens (including phenoxy) is 3. The lowest BCUT2D eigenvalue weighted by atomic mass is 9.98. The number of nitrogens with one attached hydrogen (secondary N) is 2. The average molecular weight is 764 g/mol. The summed E-state index contributed by atoms with van der Waals surface area (Å²) in [7, 11) is 0. The maximum absolute atomic E-state index is 16.1. The number of benzene rings is 3. The first kappa shape index (κ1) is 40.5. The Kier molecular flexibility index (Phi) is 13.6. The molecule has 1 heterocycles. The van der Waals surface area contributed by atoms with Crippen molar-refractivity contribution in [1.82, 2.24) is 15.5 Å². The average Bonchev–Trinajstić information content (AvgIpc) is 3.02. The van der Waals surface area contributed by atoms with Gasteiger partial charge in [0.1, 0.15) is 29.4 Å². The number of piperazine rings is 1. The van der Waals surface area contributed by atoms with Crippen LogP contribution >= 0.6 is 23.2 Å². The van der Waals surface area contributed by atoms with Gasteiger partial charge in [-0.05, 0) is 95.3 Å². The van der Waals surface area contributed by atoms with E-state index >= 15 is 8.78 Å². The molecule has 2 N–H and O–H groups in total. The van der Waals surface area contributed by atoms with Gasteiger partial charge in [0.25, 0.3) is 0 Å². The lowest BCUT2D eigenvalue weighted by molar-refractivity contribution is 0.0517. The van der Waals surface area contributed by atoms with E-state index in [4.69, 9.17) is 37.4 Å². The van der Waals surface area contributed by atoms with Gasteiger partial charge in [-0.3, -0.25) is 4.90 Å². The summed E-state index contributed by atoms with van der Waals surface area (Å²) in [6, 6.07) is 14.0. The fourth-order valence-corrected chi connectivity index (χ4v) is 6.37. The number of alkyl carbamates (subject to hydrolysis) is 2. The van der Waals surface area contributed by atoms with Gasteiger partial charge >= 0.3 is 18.3 Å². The lowest BCUT2D eigenvalue weighted by Gasteiger charge is -2.42. The third kappa shape index (κ3) is 11.9. The molecular formula is C38H46Cl2F2N4O6. The highest BCUT2D eigenvalue weighted by Gasteiger charge is 2.37. The van der Waals surface area contributed by atoms with Crippen LogP contribution in [-0.4, -0.2) is 67.1 Å². The highest BCUT2D eigenvalue weighted by molar-refractivity contribution is 6.33. The van der Waals surface area contributed by atoms with Crippen molar-refractivity contribution in [1.29, 1.82) is 0 Å². The summed E-state index contributed by atoms with van der Waals surface area (Å²) in [6.07, 6.45) is -1.32. The molecule has 0 saturated carbocycles. The zero-order valence-corrected chi connectivity index (χ0v) is 31.8. The van der Waals surface area contributed by atoms with Gasteiger partial charge in [-0.25, -0.2) is 23.2 Å². The lowest BCUT2D eigenvalue weighted by Crippen LogP contribution is -2.51. The Morgan fingerprint density at radius 3 is 1.83 bits per heavy atom. The second kappa shape index (κ2) is 17.5. The SMILES string of the molecule is CC(C)(C)OC(=O)NCCc1cc(F)c(C2CN(c3c(F)cc(CCNC(=O)OC(C)(C)C)cc3Cl)CCN2C(=O)OCc2ccccc2)c(Cl)c1. The smallest absolute Gasteiger partial charge is 0.410 e. The van der Waals surface area contributed by atoms with E-state index < -0.39 is 47.2 Å². The quantitative estimate of drug-likeness (QED) is 0.199. The molecule has 1 saturated heterocycles. The van der Waals surface area contributed by atoms with Crippen LogP contribution in [0.4, 0.5) is 28.9 Å². The Bertz CT molecular complexity index is 1690. The first-order valence-corrected chi connectivity index (χ1v) is 17.8. The van der Waals surface area contributed by atoms with Gasteiger partial charge in [-0.1, -0.05) is 53.5 Å². The summed E-state index contributed by atoms with van der Waals surface area (Å²) < 4.78 is 48.0.